The molecule has 2 fully saturated rings. The quantitative estimate of drug-likeness (QED) is 0.394. The van der Waals surface area contributed by atoms with E-state index in [4.69, 9.17) is 9.15 Å². The maximum atomic E-state index is 14.2. The first-order valence-corrected chi connectivity index (χ1v) is 12.2. The number of ether oxygens (including phenoxy) is 1. The van der Waals surface area contributed by atoms with E-state index in [9.17, 15) is 9.50 Å². The topological polar surface area (TPSA) is 45.8 Å². The molecule has 0 aliphatic carbocycles. The molecule has 2 aliphatic heterocycles. The molecule has 4 nitrogen and oxygen atoms in total. The van der Waals surface area contributed by atoms with Crippen LogP contribution in [0.4, 0.5) is 4.39 Å². The van der Waals surface area contributed by atoms with Crippen LogP contribution >= 0.6 is 11.3 Å². The van der Waals surface area contributed by atoms with Gasteiger partial charge in [0.05, 0.1) is 16.3 Å². The number of piperidine rings is 1. The number of benzene rings is 2. The third-order valence-electron chi connectivity index (χ3n) is 7.11. The van der Waals surface area contributed by atoms with E-state index in [1.807, 2.05) is 30.3 Å². The van der Waals surface area contributed by atoms with Crippen LogP contribution in [0.2, 0.25) is 0 Å². The molecule has 0 amide bonds. The SMILES string of the molecule is O[C@H](COc1cccc2occc12)CN1C2CCC1CC(c1cc3cccc(F)c3s1)C2. The Balaban J connectivity index is 1.10. The van der Waals surface area contributed by atoms with Gasteiger partial charge in [-0.15, -0.1) is 11.3 Å². The zero-order valence-corrected chi connectivity index (χ0v) is 18.6. The number of furan rings is 1. The van der Waals surface area contributed by atoms with Crippen molar-refractivity contribution < 1.29 is 18.7 Å². The Morgan fingerprint density at radius 1 is 1.12 bits per heavy atom. The number of halogens is 1. The lowest BCUT2D eigenvalue weighted by atomic mass is 9.89. The molecule has 3 atom stereocenters. The number of thiophene rings is 1. The molecule has 4 heterocycles. The van der Waals surface area contributed by atoms with Crippen molar-refractivity contribution >= 4 is 32.4 Å². The number of hydrogen-bond donors (Lipinski definition) is 1. The highest BCUT2D eigenvalue weighted by atomic mass is 32.1. The van der Waals surface area contributed by atoms with Crippen LogP contribution in [0.15, 0.2) is 59.2 Å². The summed E-state index contributed by atoms with van der Waals surface area (Å²) >= 11 is 1.61. The second kappa shape index (κ2) is 8.18. The smallest absolute Gasteiger partial charge is 0.140 e. The van der Waals surface area contributed by atoms with Crippen LogP contribution in [0.3, 0.4) is 0 Å². The standard InChI is InChI=1S/C26H26FNO3S/c27-22-4-1-3-16-13-25(32-26(16)22)17-11-18-7-8-19(12-17)28(18)14-20(29)15-31-24-6-2-5-23-21(24)9-10-30-23/h1-6,9-10,13,17-20,29H,7-8,11-12,14-15H2/t17?,18?,19?,20-/m0/s1. The van der Waals surface area contributed by atoms with Gasteiger partial charge in [-0.05, 0) is 67.3 Å². The average Bonchev–Trinajstić information content (AvgIpc) is 3.49. The molecule has 2 saturated heterocycles. The van der Waals surface area contributed by atoms with Gasteiger partial charge in [0.15, 0.2) is 0 Å². The molecule has 2 aromatic carbocycles. The Labute approximate surface area is 190 Å². The van der Waals surface area contributed by atoms with E-state index in [0.29, 0.717) is 24.5 Å². The summed E-state index contributed by atoms with van der Waals surface area (Å²) < 4.78 is 26.3. The number of nitrogens with zero attached hydrogens (tertiary/aromatic N) is 1. The highest BCUT2D eigenvalue weighted by Crippen LogP contribution is 2.46. The molecule has 1 N–H and O–H groups in total. The summed E-state index contributed by atoms with van der Waals surface area (Å²) in [6, 6.07) is 16.1. The van der Waals surface area contributed by atoms with Gasteiger partial charge in [-0.1, -0.05) is 18.2 Å². The highest BCUT2D eigenvalue weighted by molar-refractivity contribution is 7.19. The zero-order valence-electron chi connectivity index (χ0n) is 17.7. The Morgan fingerprint density at radius 2 is 1.94 bits per heavy atom. The van der Waals surface area contributed by atoms with Crippen molar-refractivity contribution in [2.45, 2.75) is 49.8 Å². The summed E-state index contributed by atoms with van der Waals surface area (Å²) in [6.45, 7) is 0.893. The fourth-order valence-corrected chi connectivity index (χ4v) is 6.82. The van der Waals surface area contributed by atoms with Crippen LogP contribution in [-0.2, 0) is 0 Å². The minimum absolute atomic E-state index is 0.117. The van der Waals surface area contributed by atoms with Crippen molar-refractivity contribution in [3.05, 3.63) is 65.5 Å². The van der Waals surface area contributed by atoms with Gasteiger partial charge in [0.2, 0.25) is 0 Å². The molecule has 4 aromatic rings. The van der Waals surface area contributed by atoms with E-state index < -0.39 is 6.10 Å². The van der Waals surface area contributed by atoms with Crippen LogP contribution in [0, 0.1) is 5.82 Å². The molecular formula is C26H26FNO3S. The highest BCUT2D eigenvalue weighted by Gasteiger charge is 2.42. The first-order valence-electron chi connectivity index (χ1n) is 11.4. The van der Waals surface area contributed by atoms with E-state index in [-0.39, 0.29) is 12.4 Å². The van der Waals surface area contributed by atoms with E-state index in [0.717, 1.165) is 39.6 Å². The fraction of sp³-hybridized carbons (Fsp3) is 0.385. The van der Waals surface area contributed by atoms with Crippen LogP contribution in [-0.4, -0.2) is 41.3 Å². The van der Waals surface area contributed by atoms with E-state index >= 15 is 0 Å². The molecule has 0 spiro atoms. The summed E-state index contributed by atoms with van der Waals surface area (Å²) in [5.41, 5.74) is 0.790. The van der Waals surface area contributed by atoms with E-state index in [1.165, 1.54) is 17.7 Å². The monoisotopic (exact) mass is 451 g/mol. The van der Waals surface area contributed by atoms with Gasteiger partial charge in [-0.2, -0.15) is 0 Å². The molecule has 6 heteroatoms. The summed E-state index contributed by atoms with van der Waals surface area (Å²) in [4.78, 5) is 3.79. The zero-order chi connectivity index (χ0) is 21.7. The van der Waals surface area contributed by atoms with Crippen LogP contribution in [0.1, 0.15) is 36.5 Å². The second-order valence-corrected chi connectivity index (χ2v) is 10.2. The maximum Gasteiger partial charge on any atom is 0.140 e. The van der Waals surface area contributed by atoms with Gasteiger partial charge < -0.3 is 14.3 Å². The molecule has 0 saturated carbocycles. The molecule has 2 unspecified atom stereocenters. The third kappa shape index (κ3) is 3.60. The summed E-state index contributed by atoms with van der Waals surface area (Å²) in [6.07, 6.45) is 5.60. The Bertz CT molecular complexity index is 1240. The van der Waals surface area contributed by atoms with Crippen molar-refractivity contribution in [3.63, 3.8) is 0 Å². The predicted molar refractivity (Wildman–Crippen MR) is 125 cm³/mol. The molecule has 0 radical (unpaired) electrons. The molecule has 166 valence electrons. The first-order chi connectivity index (χ1) is 15.7. The molecule has 32 heavy (non-hydrogen) atoms. The van der Waals surface area contributed by atoms with Crippen molar-refractivity contribution in [2.24, 2.45) is 0 Å². The summed E-state index contributed by atoms with van der Waals surface area (Å²) in [5, 5.41) is 12.7. The number of aliphatic hydroxyl groups excluding tert-OH is 1. The van der Waals surface area contributed by atoms with Crippen molar-refractivity contribution in [3.8, 4) is 5.75 Å². The predicted octanol–water partition coefficient (Wildman–Crippen LogP) is 5.94. The molecule has 2 aliphatic rings. The van der Waals surface area contributed by atoms with Gasteiger partial charge in [-0.25, -0.2) is 4.39 Å². The summed E-state index contributed by atoms with van der Waals surface area (Å²) in [7, 11) is 0. The van der Waals surface area contributed by atoms with Crippen molar-refractivity contribution in [1.29, 1.82) is 0 Å². The Morgan fingerprint density at radius 3 is 2.75 bits per heavy atom. The first kappa shape index (κ1) is 20.2. The largest absolute Gasteiger partial charge is 0.490 e. The lowest BCUT2D eigenvalue weighted by Crippen LogP contribution is -2.47. The van der Waals surface area contributed by atoms with Crippen LogP contribution in [0.25, 0.3) is 21.1 Å². The minimum atomic E-state index is -0.546. The van der Waals surface area contributed by atoms with Crippen LogP contribution < -0.4 is 4.74 Å². The summed E-state index contributed by atoms with van der Waals surface area (Å²) in [5.74, 6) is 1.11. The maximum absolute atomic E-state index is 14.2. The molecule has 6 rings (SSSR count). The number of hydrogen-bond acceptors (Lipinski definition) is 5. The van der Waals surface area contributed by atoms with Gasteiger partial charge in [0.1, 0.15) is 29.9 Å². The lowest BCUT2D eigenvalue weighted by Gasteiger charge is -2.39. The van der Waals surface area contributed by atoms with E-state index in [1.54, 1.807) is 29.7 Å². The van der Waals surface area contributed by atoms with Gasteiger partial charge in [0.25, 0.3) is 0 Å². The van der Waals surface area contributed by atoms with Crippen molar-refractivity contribution in [2.75, 3.05) is 13.2 Å². The van der Waals surface area contributed by atoms with Crippen LogP contribution in [0.5, 0.6) is 5.75 Å². The van der Waals surface area contributed by atoms with Gasteiger partial charge >= 0.3 is 0 Å². The fourth-order valence-electron chi connectivity index (χ4n) is 5.63. The molecule has 2 aromatic heterocycles. The second-order valence-electron chi connectivity index (χ2n) is 9.11. The lowest BCUT2D eigenvalue weighted by molar-refractivity contribution is 0.0323. The van der Waals surface area contributed by atoms with Gasteiger partial charge in [0, 0.05) is 23.5 Å². The number of aliphatic hydroxyl groups is 1. The average molecular weight is 452 g/mol. The molecular weight excluding hydrogens is 425 g/mol. The van der Waals surface area contributed by atoms with Crippen molar-refractivity contribution in [1.82, 2.24) is 4.90 Å². The van der Waals surface area contributed by atoms with Gasteiger partial charge in [-0.3, -0.25) is 4.90 Å². The van der Waals surface area contributed by atoms with E-state index in [2.05, 4.69) is 11.0 Å². The molecule has 2 bridgehead atoms. The normalized spacial score (nSPS) is 24.4. The number of fused-ring (bicyclic) bond motifs is 4. The Hall–Kier alpha value is -2.41. The number of rotatable bonds is 6. The Kier molecular flexibility index (Phi) is 5.17. The third-order valence-corrected chi connectivity index (χ3v) is 8.43. The minimum Gasteiger partial charge on any atom is -0.490 e.